The molecule has 140 valence electrons. The van der Waals surface area contributed by atoms with E-state index in [-0.39, 0.29) is 17.6 Å². The summed E-state index contributed by atoms with van der Waals surface area (Å²) in [4.78, 5) is 26.4. The third-order valence-corrected chi connectivity index (χ3v) is 5.09. The van der Waals surface area contributed by atoms with Crippen molar-refractivity contribution in [3.8, 4) is 11.5 Å². The van der Waals surface area contributed by atoms with Crippen molar-refractivity contribution in [2.24, 2.45) is 0 Å². The maximum absolute atomic E-state index is 12.9. The normalized spacial score (nSPS) is 20.2. The van der Waals surface area contributed by atoms with Crippen LogP contribution in [0.3, 0.4) is 0 Å². The summed E-state index contributed by atoms with van der Waals surface area (Å²) in [6.07, 6.45) is 5.27. The Morgan fingerprint density at radius 3 is 2.81 bits per heavy atom. The highest BCUT2D eigenvalue weighted by Gasteiger charge is 2.35. The van der Waals surface area contributed by atoms with Crippen LogP contribution in [0.1, 0.15) is 34.6 Å². The molecule has 0 aliphatic carbocycles. The monoisotopic (exact) mass is 367 g/mol. The molecule has 27 heavy (non-hydrogen) atoms. The van der Waals surface area contributed by atoms with Gasteiger partial charge in [0.2, 0.25) is 5.43 Å². The van der Waals surface area contributed by atoms with Gasteiger partial charge >= 0.3 is 0 Å². The quantitative estimate of drug-likeness (QED) is 0.720. The van der Waals surface area contributed by atoms with E-state index in [2.05, 4.69) is 0 Å². The Morgan fingerprint density at radius 2 is 2.00 bits per heavy atom. The highest BCUT2D eigenvalue weighted by Crippen LogP contribution is 2.34. The van der Waals surface area contributed by atoms with Gasteiger partial charge in [-0.3, -0.25) is 19.3 Å². The number of aromatic hydroxyl groups is 1. The van der Waals surface area contributed by atoms with Gasteiger partial charge in [-0.25, -0.2) is 0 Å². The van der Waals surface area contributed by atoms with Gasteiger partial charge in [-0.05, 0) is 25.5 Å². The minimum absolute atomic E-state index is 0.0108. The van der Waals surface area contributed by atoms with Gasteiger partial charge in [0.1, 0.15) is 19.0 Å². The van der Waals surface area contributed by atoms with E-state index in [9.17, 15) is 14.7 Å². The van der Waals surface area contributed by atoms with Crippen molar-refractivity contribution in [2.75, 3.05) is 24.8 Å². The van der Waals surface area contributed by atoms with Crippen molar-refractivity contribution < 1.29 is 14.6 Å². The number of para-hydroxylation sites is 1. The summed E-state index contributed by atoms with van der Waals surface area (Å²) in [5.74, 6) is -0.0845. The van der Waals surface area contributed by atoms with Crippen LogP contribution >= 0.6 is 0 Å². The molecular formula is C20H21N3O4. The molecule has 0 saturated heterocycles. The third-order valence-electron chi connectivity index (χ3n) is 5.09. The van der Waals surface area contributed by atoms with Crippen molar-refractivity contribution in [2.45, 2.75) is 19.9 Å². The largest absolute Gasteiger partial charge is 0.502 e. The SMILES string of the molecule is Cc1cccc2c1OC/C=C\CN1CN([C@H]2C)n2ccc(=O)c(O)c2C1=O. The zero-order valence-corrected chi connectivity index (χ0v) is 15.3. The lowest BCUT2D eigenvalue weighted by molar-refractivity contribution is 0.0699. The molecule has 1 aromatic heterocycles. The van der Waals surface area contributed by atoms with E-state index in [1.807, 2.05) is 49.2 Å². The fourth-order valence-electron chi connectivity index (χ4n) is 3.60. The summed E-state index contributed by atoms with van der Waals surface area (Å²) in [5.41, 5.74) is 1.43. The first-order valence-corrected chi connectivity index (χ1v) is 8.87. The number of rotatable bonds is 0. The van der Waals surface area contributed by atoms with Crippen molar-refractivity contribution >= 4 is 5.91 Å². The lowest BCUT2D eigenvalue weighted by Gasteiger charge is -2.42. The number of hydrogen-bond acceptors (Lipinski definition) is 5. The van der Waals surface area contributed by atoms with E-state index >= 15 is 0 Å². The molecular weight excluding hydrogens is 346 g/mol. The minimum atomic E-state index is -0.566. The van der Waals surface area contributed by atoms with E-state index < -0.39 is 11.2 Å². The van der Waals surface area contributed by atoms with E-state index in [0.717, 1.165) is 16.9 Å². The van der Waals surface area contributed by atoms with Gasteiger partial charge in [0.05, 0.1) is 6.04 Å². The fourth-order valence-corrected chi connectivity index (χ4v) is 3.60. The predicted molar refractivity (Wildman–Crippen MR) is 101 cm³/mol. The molecule has 0 fully saturated rings. The van der Waals surface area contributed by atoms with Crippen LogP contribution in [0.4, 0.5) is 0 Å². The van der Waals surface area contributed by atoms with Crippen molar-refractivity contribution in [1.82, 2.24) is 9.58 Å². The van der Waals surface area contributed by atoms with Crippen LogP contribution in [-0.2, 0) is 0 Å². The standard InChI is InChI=1S/C20H21N3O4/c1-13-6-5-7-15-14(2)23-12-21(9-3-4-11-27-19(13)15)20(26)17-18(25)16(24)8-10-22(17)23/h3-8,10,14,25H,9,11-12H2,1-2H3/b4-3-/t14-/m0/s1. The van der Waals surface area contributed by atoms with Gasteiger partial charge in [-0.1, -0.05) is 24.3 Å². The van der Waals surface area contributed by atoms with Gasteiger partial charge in [-0.2, -0.15) is 0 Å². The second-order valence-electron chi connectivity index (χ2n) is 6.78. The molecule has 0 radical (unpaired) electrons. The number of fused-ring (bicyclic) bond motifs is 5. The van der Waals surface area contributed by atoms with Gasteiger partial charge < -0.3 is 14.7 Å². The number of nitrogens with zero attached hydrogens (tertiary/aromatic N) is 3. The topological polar surface area (TPSA) is 75.0 Å². The average molecular weight is 367 g/mol. The Hall–Kier alpha value is -3.22. The van der Waals surface area contributed by atoms with Crippen molar-refractivity contribution in [1.29, 1.82) is 0 Å². The highest BCUT2D eigenvalue weighted by atomic mass is 16.5. The van der Waals surface area contributed by atoms with E-state index in [4.69, 9.17) is 4.74 Å². The molecule has 0 saturated carbocycles. The maximum atomic E-state index is 12.9. The summed E-state index contributed by atoms with van der Waals surface area (Å²) in [5, 5.41) is 12.2. The molecule has 2 aromatic rings. The Morgan fingerprint density at radius 1 is 1.19 bits per heavy atom. The lowest BCUT2D eigenvalue weighted by atomic mass is 10.0. The Labute approximate surface area is 156 Å². The van der Waals surface area contributed by atoms with Crippen LogP contribution in [0.25, 0.3) is 0 Å². The number of carbonyl (C=O) groups is 1. The summed E-state index contributed by atoms with van der Waals surface area (Å²) in [7, 11) is 0. The number of carbonyl (C=O) groups excluding carboxylic acids is 1. The van der Waals surface area contributed by atoms with Gasteiger partial charge in [-0.15, -0.1) is 0 Å². The Bertz CT molecular complexity index is 995. The van der Waals surface area contributed by atoms with Crippen LogP contribution in [0.2, 0.25) is 0 Å². The number of benzene rings is 1. The molecule has 0 unspecified atom stereocenters. The minimum Gasteiger partial charge on any atom is -0.502 e. The smallest absolute Gasteiger partial charge is 0.278 e. The number of ether oxygens (including phenoxy) is 1. The lowest BCUT2D eigenvalue weighted by Crippen LogP contribution is -2.54. The number of aromatic nitrogens is 1. The van der Waals surface area contributed by atoms with Gasteiger partial charge in [0.25, 0.3) is 5.91 Å². The van der Waals surface area contributed by atoms with Crippen LogP contribution < -0.4 is 15.2 Å². The van der Waals surface area contributed by atoms with E-state index in [0.29, 0.717) is 19.8 Å². The molecule has 2 aliphatic rings. The Balaban J connectivity index is 1.93. The summed E-state index contributed by atoms with van der Waals surface area (Å²) in [6, 6.07) is 7.08. The molecule has 1 aromatic carbocycles. The number of pyridine rings is 1. The summed E-state index contributed by atoms with van der Waals surface area (Å²) >= 11 is 0. The summed E-state index contributed by atoms with van der Waals surface area (Å²) in [6.45, 7) is 5.11. The molecule has 7 nitrogen and oxygen atoms in total. The van der Waals surface area contributed by atoms with E-state index in [1.54, 1.807) is 9.58 Å². The first kappa shape index (κ1) is 17.2. The second-order valence-corrected chi connectivity index (χ2v) is 6.78. The molecule has 2 bridgehead atoms. The molecule has 1 amide bonds. The number of hydrogen-bond donors (Lipinski definition) is 1. The van der Waals surface area contributed by atoms with Crippen LogP contribution in [0.5, 0.6) is 11.5 Å². The maximum Gasteiger partial charge on any atom is 0.278 e. The van der Waals surface area contributed by atoms with Crippen LogP contribution in [0, 0.1) is 6.92 Å². The number of aryl methyl sites for hydroxylation is 1. The number of amides is 1. The summed E-state index contributed by atoms with van der Waals surface area (Å²) < 4.78 is 7.58. The average Bonchev–Trinajstić information content (AvgIpc) is 2.68. The first-order valence-electron chi connectivity index (χ1n) is 8.87. The molecule has 0 spiro atoms. The predicted octanol–water partition coefficient (Wildman–Crippen LogP) is 1.92. The molecule has 1 N–H and O–H groups in total. The molecule has 3 heterocycles. The molecule has 2 aliphatic heterocycles. The van der Waals surface area contributed by atoms with Gasteiger partial charge in [0, 0.05) is 24.4 Å². The fraction of sp³-hybridized carbons (Fsp3) is 0.300. The van der Waals surface area contributed by atoms with Crippen LogP contribution in [0.15, 0.2) is 47.4 Å². The molecule has 4 rings (SSSR count). The molecule has 7 heteroatoms. The zero-order chi connectivity index (χ0) is 19.1. The van der Waals surface area contributed by atoms with Gasteiger partial charge in [0.15, 0.2) is 11.4 Å². The molecule has 1 atom stereocenters. The van der Waals surface area contributed by atoms with Crippen molar-refractivity contribution in [3.63, 3.8) is 0 Å². The highest BCUT2D eigenvalue weighted by molar-refractivity contribution is 5.96. The van der Waals surface area contributed by atoms with Crippen LogP contribution in [-0.4, -0.2) is 40.4 Å². The third kappa shape index (κ3) is 2.75. The van der Waals surface area contributed by atoms with E-state index in [1.165, 1.54) is 12.3 Å². The Kier molecular flexibility index (Phi) is 4.14. The second kappa shape index (κ2) is 6.50. The first-order chi connectivity index (χ1) is 13.0. The zero-order valence-electron chi connectivity index (χ0n) is 15.3. The van der Waals surface area contributed by atoms with Crippen molar-refractivity contribution in [3.05, 3.63) is 69.7 Å².